The van der Waals surface area contributed by atoms with Gasteiger partial charge in [0.25, 0.3) is 0 Å². The van der Waals surface area contributed by atoms with Crippen molar-refractivity contribution in [2.75, 3.05) is 4.81 Å². The van der Waals surface area contributed by atoms with Crippen molar-refractivity contribution in [1.29, 1.82) is 0 Å². The zero-order chi connectivity index (χ0) is 45.0. The molecule has 3 aromatic heterocycles. The van der Waals surface area contributed by atoms with Crippen LogP contribution in [-0.2, 0) is 10.8 Å². The maximum atomic E-state index is 6.88. The van der Waals surface area contributed by atoms with Crippen LogP contribution in [-0.4, -0.2) is 6.85 Å². The molecule has 5 heteroatoms. The number of para-hydroxylation sites is 1. The van der Waals surface area contributed by atoms with E-state index < -0.39 is 0 Å². The van der Waals surface area contributed by atoms with E-state index in [1.807, 2.05) is 0 Å². The number of aryl methyl sites for hydroxylation is 1. The highest BCUT2D eigenvalue weighted by molar-refractivity contribution is 6.92. The van der Waals surface area contributed by atoms with Gasteiger partial charge in [0.05, 0.1) is 0 Å². The minimum absolute atomic E-state index is 0.00338. The third kappa shape index (κ3) is 5.71. The Morgan fingerprint density at radius 1 is 0.500 bits per heavy atom. The maximum Gasteiger partial charge on any atom is 0.329 e. The number of fused-ring (bicyclic) bond motifs is 11. The lowest BCUT2D eigenvalue weighted by atomic mass is 9.40. The Morgan fingerprint density at radius 3 is 1.95 bits per heavy atom. The normalized spacial score (nSPS) is 14.8. The van der Waals surface area contributed by atoms with Crippen LogP contribution in [0, 0.1) is 6.92 Å². The summed E-state index contributed by atoms with van der Waals surface area (Å²) in [5.41, 5.74) is 21.8. The molecule has 1 atom stereocenters. The van der Waals surface area contributed by atoms with Gasteiger partial charge in [-0.25, -0.2) is 0 Å². The number of nitrogens with zero attached hydrogens (tertiary/aromatic N) is 1. The molecule has 0 aliphatic carbocycles. The zero-order valence-electron chi connectivity index (χ0n) is 38.8. The van der Waals surface area contributed by atoms with E-state index >= 15 is 0 Å². The number of benzene rings is 8. The summed E-state index contributed by atoms with van der Waals surface area (Å²) in [6, 6.07) is 56.0. The van der Waals surface area contributed by atoms with E-state index in [-0.39, 0.29) is 23.6 Å². The predicted octanol–water partition coefficient (Wildman–Crippen LogP) is 15.9. The predicted molar refractivity (Wildman–Crippen MR) is 277 cm³/mol. The van der Waals surface area contributed by atoms with Crippen molar-refractivity contribution in [3.63, 3.8) is 0 Å². The van der Waals surface area contributed by atoms with E-state index in [2.05, 4.69) is 212 Å². The molecule has 0 saturated heterocycles. The van der Waals surface area contributed by atoms with E-state index in [9.17, 15) is 0 Å². The molecule has 0 saturated carbocycles. The molecule has 2 aliphatic heterocycles. The van der Waals surface area contributed by atoms with Gasteiger partial charge in [-0.2, -0.15) is 0 Å². The second-order valence-electron chi connectivity index (χ2n) is 21.0. The fraction of sp³-hybridized carbons (Fsp3) is 0.180. The highest BCUT2D eigenvalue weighted by Crippen LogP contribution is 2.50. The van der Waals surface area contributed by atoms with Crippen LogP contribution in [0.15, 0.2) is 165 Å². The molecule has 0 amide bonds. The summed E-state index contributed by atoms with van der Waals surface area (Å²) in [4.78, 5) is 2.59. The third-order valence-electron chi connectivity index (χ3n) is 14.8. The Hall–Kier alpha value is -7.24. The van der Waals surface area contributed by atoms with Crippen molar-refractivity contribution in [3.05, 3.63) is 179 Å². The Kier molecular flexibility index (Phi) is 8.10. The summed E-state index contributed by atoms with van der Waals surface area (Å²) in [7, 11) is 0. The summed E-state index contributed by atoms with van der Waals surface area (Å²) in [6.07, 6.45) is 0. The average Bonchev–Trinajstić information content (AvgIpc) is 4.01. The Labute approximate surface area is 385 Å². The maximum absolute atomic E-state index is 6.88. The standard InChI is InChI=1S/C61H50BNO3/c1-34-26-48-41-16-12-13-17-52(41)64-56(48)31-45(34)43-24-25-44-47-30-49-42-23-20-39(61(6,7)8)29-55(42)66-57(49)33-51(47)63(40-21-18-38(19-22-40)60(3,4)5)62-50-32-54-37(27-46(50)35(2)58(43)59(44)62)28-53(65-54)36-14-10-9-11-15-36/h9-33,35H,1-8H3. The molecule has 2 aliphatic rings. The first-order valence-electron chi connectivity index (χ1n) is 23.4. The summed E-state index contributed by atoms with van der Waals surface area (Å²) in [5, 5.41) is 5.67. The SMILES string of the molecule is Cc1cc2c(cc1-c1ccc3c4c1C(C)c1cc5cc(-c6ccccc6)oc5cc1B4N(c1ccc(C(C)(C)C)cc1)c1cc4oc5cc(C(C)(C)C)ccc5c4cc1-3)oc1ccccc12. The second-order valence-corrected chi connectivity index (χ2v) is 21.0. The molecule has 0 spiro atoms. The van der Waals surface area contributed by atoms with Gasteiger partial charge in [-0.05, 0) is 134 Å². The van der Waals surface area contributed by atoms with Crippen LogP contribution in [0.4, 0.5) is 11.4 Å². The van der Waals surface area contributed by atoms with Crippen LogP contribution in [0.3, 0.4) is 0 Å². The van der Waals surface area contributed by atoms with E-state index in [4.69, 9.17) is 13.3 Å². The first-order chi connectivity index (χ1) is 31.8. The van der Waals surface area contributed by atoms with Gasteiger partial charge in [0, 0.05) is 61.4 Å². The minimum Gasteiger partial charge on any atom is -0.456 e. The smallest absolute Gasteiger partial charge is 0.329 e. The zero-order valence-corrected chi connectivity index (χ0v) is 38.8. The largest absolute Gasteiger partial charge is 0.456 e. The first-order valence-corrected chi connectivity index (χ1v) is 23.4. The molecular formula is C61H50BNO3. The van der Waals surface area contributed by atoms with Crippen LogP contribution >= 0.6 is 0 Å². The lowest BCUT2D eigenvalue weighted by Crippen LogP contribution is -2.62. The number of rotatable bonds is 3. The quantitative estimate of drug-likeness (QED) is 0.166. The molecule has 5 heterocycles. The number of anilines is 2. The molecule has 0 radical (unpaired) electrons. The molecule has 13 rings (SSSR count). The second kappa shape index (κ2) is 13.7. The van der Waals surface area contributed by atoms with Gasteiger partial charge in [-0.1, -0.05) is 133 Å². The van der Waals surface area contributed by atoms with Gasteiger partial charge in [-0.15, -0.1) is 0 Å². The van der Waals surface area contributed by atoms with E-state index in [1.54, 1.807) is 0 Å². The van der Waals surface area contributed by atoms with Gasteiger partial charge in [0.1, 0.15) is 33.7 Å². The number of hydrogen-bond donors (Lipinski definition) is 0. The lowest BCUT2D eigenvalue weighted by molar-refractivity contribution is 0.587. The topological polar surface area (TPSA) is 42.7 Å². The molecule has 8 aromatic carbocycles. The summed E-state index contributed by atoms with van der Waals surface area (Å²) in [6.45, 7) is 18.1. The van der Waals surface area contributed by atoms with Crippen LogP contribution in [0.2, 0.25) is 0 Å². The number of hydrogen-bond acceptors (Lipinski definition) is 4. The van der Waals surface area contributed by atoms with Gasteiger partial charge < -0.3 is 18.1 Å². The first kappa shape index (κ1) is 39.2. The van der Waals surface area contributed by atoms with Crippen LogP contribution in [0.25, 0.3) is 88.4 Å². The van der Waals surface area contributed by atoms with Crippen molar-refractivity contribution in [2.24, 2.45) is 0 Å². The Balaban J connectivity index is 1.13. The summed E-state index contributed by atoms with van der Waals surface area (Å²) in [5.74, 6) is 0.937. The fourth-order valence-corrected chi connectivity index (χ4v) is 11.3. The Morgan fingerprint density at radius 2 is 1.17 bits per heavy atom. The van der Waals surface area contributed by atoms with Gasteiger partial charge in [-0.3, -0.25) is 0 Å². The summed E-state index contributed by atoms with van der Waals surface area (Å²) < 4.78 is 20.3. The van der Waals surface area contributed by atoms with Crippen LogP contribution in [0.5, 0.6) is 0 Å². The van der Waals surface area contributed by atoms with Gasteiger partial charge in [0.2, 0.25) is 0 Å². The molecular weight excluding hydrogens is 805 g/mol. The summed E-state index contributed by atoms with van der Waals surface area (Å²) >= 11 is 0. The van der Waals surface area contributed by atoms with E-state index in [1.165, 1.54) is 61.0 Å². The monoisotopic (exact) mass is 855 g/mol. The third-order valence-corrected chi connectivity index (χ3v) is 14.8. The van der Waals surface area contributed by atoms with Gasteiger partial charge >= 0.3 is 6.85 Å². The molecule has 4 nitrogen and oxygen atoms in total. The van der Waals surface area contributed by atoms with Crippen LogP contribution in [0.1, 0.15) is 82.2 Å². The molecule has 11 aromatic rings. The van der Waals surface area contributed by atoms with E-state index in [0.29, 0.717) is 0 Å². The lowest BCUT2D eigenvalue weighted by Gasteiger charge is -2.44. The number of furan rings is 3. The highest BCUT2D eigenvalue weighted by atomic mass is 16.3. The Bertz CT molecular complexity index is 3810. The van der Waals surface area contributed by atoms with Gasteiger partial charge in [0.15, 0.2) is 0 Å². The molecule has 0 fully saturated rings. The minimum atomic E-state index is -0.173. The molecule has 0 bridgehead atoms. The van der Waals surface area contributed by atoms with Crippen molar-refractivity contribution >= 4 is 84.0 Å². The van der Waals surface area contributed by atoms with Crippen LogP contribution < -0.4 is 15.7 Å². The van der Waals surface area contributed by atoms with E-state index in [0.717, 1.165) is 77.5 Å². The molecule has 1 unspecified atom stereocenters. The average molecular weight is 856 g/mol. The van der Waals surface area contributed by atoms with Crippen molar-refractivity contribution in [1.82, 2.24) is 0 Å². The van der Waals surface area contributed by atoms with Crippen molar-refractivity contribution in [2.45, 2.75) is 72.1 Å². The fourth-order valence-electron chi connectivity index (χ4n) is 11.3. The molecule has 0 N–H and O–H groups in total. The highest BCUT2D eigenvalue weighted by Gasteiger charge is 2.46. The molecule has 66 heavy (non-hydrogen) atoms. The molecule has 320 valence electrons. The van der Waals surface area contributed by atoms with Crippen molar-refractivity contribution < 1.29 is 13.3 Å². The van der Waals surface area contributed by atoms with Crippen molar-refractivity contribution in [3.8, 4) is 33.6 Å².